The van der Waals surface area contributed by atoms with Gasteiger partial charge in [-0.3, -0.25) is 9.69 Å². The summed E-state index contributed by atoms with van der Waals surface area (Å²) in [6.07, 6.45) is 0.431. The SMILES string of the molecule is O=C(Cc1ccc(Br)cc1)N1CCN(Cc2ccccc2F)CC1. The minimum atomic E-state index is -0.161. The van der Waals surface area contributed by atoms with E-state index in [1.807, 2.05) is 41.3 Å². The summed E-state index contributed by atoms with van der Waals surface area (Å²) >= 11 is 3.40. The molecule has 1 amide bonds. The van der Waals surface area contributed by atoms with Gasteiger partial charge in [0.2, 0.25) is 5.91 Å². The van der Waals surface area contributed by atoms with Crippen LogP contribution < -0.4 is 0 Å². The van der Waals surface area contributed by atoms with Crippen LogP contribution in [0.1, 0.15) is 11.1 Å². The Hall–Kier alpha value is -1.72. The van der Waals surface area contributed by atoms with Gasteiger partial charge in [0.1, 0.15) is 5.82 Å². The molecule has 1 fully saturated rings. The summed E-state index contributed by atoms with van der Waals surface area (Å²) in [7, 11) is 0. The molecule has 0 radical (unpaired) electrons. The summed E-state index contributed by atoms with van der Waals surface area (Å²) in [6, 6.07) is 14.7. The van der Waals surface area contributed by atoms with Crippen molar-refractivity contribution in [2.24, 2.45) is 0 Å². The number of amides is 1. The molecule has 0 saturated carbocycles. The largest absolute Gasteiger partial charge is 0.340 e. The van der Waals surface area contributed by atoms with Gasteiger partial charge in [0, 0.05) is 42.8 Å². The highest BCUT2D eigenvalue weighted by Crippen LogP contribution is 2.14. The van der Waals surface area contributed by atoms with Crippen molar-refractivity contribution in [2.45, 2.75) is 13.0 Å². The molecule has 0 N–H and O–H groups in total. The van der Waals surface area contributed by atoms with Crippen molar-refractivity contribution >= 4 is 21.8 Å². The van der Waals surface area contributed by atoms with Crippen LogP contribution in [0.5, 0.6) is 0 Å². The summed E-state index contributed by atoms with van der Waals surface area (Å²) in [6.45, 7) is 3.55. The third-order valence-electron chi connectivity index (χ3n) is 4.35. The third-order valence-corrected chi connectivity index (χ3v) is 4.87. The first-order valence-electron chi connectivity index (χ1n) is 8.10. The maximum atomic E-state index is 13.7. The third kappa shape index (κ3) is 4.42. The minimum absolute atomic E-state index is 0.155. The molecule has 0 aliphatic carbocycles. The van der Waals surface area contributed by atoms with E-state index in [0.717, 1.165) is 23.1 Å². The molecule has 0 spiro atoms. The van der Waals surface area contributed by atoms with Gasteiger partial charge in [0.15, 0.2) is 0 Å². The first-order chi connectivity index (χ1) is 11.6. The van der Waals surface area contributed by atoms with Gasteiger partial charge in [-0.2, -0.15) is 0 Å². The number of hydrogen-bond donors (Lipinski definition) is 0. The quantitative estimate of drug-likeness (QED) is 0.797. The molecule has 1 heterocycles. The van der Waals surface area contributed by atoms with Crippen LogP contribution in [0, 0.1) is 5.82 Å². The Morgan fingerprint density at radius 1 is 1.00 bits per heavy atom. The average molecular weight is 391 g/mol. The molecular weight excluding hydrogens is 371 g/mol. The lowest BCUT2D eigenvalue weighted by molar-refractivity contribution is -0.132. The second-order valence-electron chi connectivity index (χ2n) is 6.05. The number of halogens is 2. The van der Waals surface area contributed by atoms with E-state index in [4.69, 9.17) is 0 Å². The van der Waals surface area contributed by atoms with Crippen molar-refractivity contribution in [2.75, 3.05) is 26.2 Å². The maximum absolute atomic E-state index is 13.7. The number of carbonyl (C=O) groups is 1. The van der Waals surface area contributed by atoms with E-state index in [1.54, 1.807) is 6.07 Å². The van der Waals surface area contributed by atoms with Gasteiger partial charge in [-0.1, -0.05) is 46.3 Å². The normalized spacial score (nSPS) is 15.5. The van der Waals surface area contributed by atoms with Gasteiger partial charge in [-0.15, -0.1) is 0 Å². The molecule has 5 heteroatoms. The zero-order chi connectivity index (χ0) is 16.9. The highest BCUT2D eigenvalue weighted by Gasteiger charge is 2.21. The molecule has 1 aliphatic heterocycles. The lowest BCUT2D eigenvalue weighted by atomic mass is 10.1. The molecule has 0 atom stereocenters. The molecule has 1 aliphatic rings. The smallest absolute Gasteiger partial charge is 0.227 e. The zero-order valence-electron chi connectivity index (χ0n) is 13.4. The van der Waals surface area contributed by atoms with E-state index in [1.165, 1.54) is 6.07 Å². The van der Waals surface area contributed by atoms with Crippen molar-refractivity contribution in [1.29, 1.82) is 0 Å². The number of hydrogen-bond acceptors (Lipinski definition) is 2. The van der Waals surface area contributed by atoms with Crippen LogP contribution in [0.4, 0.5) is 4.39 Å². The Morgan fingerprint density at radius 3 is 2.33 bits per heavy atom. The highest BCUT2D eigenvalue weighted by atomic mass is 79.9. The molecular formula is C19H20BrFN2O. The second kappa shape index (κ2) is 7.90. The molecule has 2 aromatic rings. The fourth-order valence-corrected chi connectivity index (χ4v) is 3.18. The molecule has 3 rings (SSSR count). The molecule has 126 valence electrons. The van der Waals surface area contributed by atoms with Crippen LogP contribution in [-0.4, -0.2) is 41.9 Å². The van der Waals surface area contributed by atoms with Crippen molar-refractivity contribution in [1.82, 2.24) is 9.80 Å². The first-order valence-corrected chi connectivity index (χ1v) is 8.89. The first kappa shape index (κ1) is 17.1. The van der Waals surface area contributed by atoms with E-state index in [9.17, 15) is 9.18 Å². The molecule has 0 bridgehead atoms. The number of carbonyl (C=O) groups excluding carboxylic acids is 1. The van der Waals surface area contributed by atoms with E-state index >= 15 is 0 Å². The number of nitrogens with zero attached hydrogens (tertiary/aromatic N) is 2. The number of piperazine rings is 1. The molecule has 1 saturated heterocycles. The van der Waals surface area contributed by atoms with Crippen LogP contribution in [0.25, 0.3) is 0 Å². The van der Waals surface area contributed by atoms with E-state index < -0.39 is 0 Å². The molecule has 24 heavy (non-hydrogen) atoms. The molecule has 0 aromatic heterocycles. The standard InChI is InChI=1S/C19H20BrFN2O/c20-17-7-5-15(6-8-17)13-19(24)23-11-9-22(10-12-23)14-16-3-1-2-4-18(16)21/h1-8H,9-14H2. The maximum Gasteiger partial charge on any atom is 0.227 e. The van der Waals surface area contributed by atoms with Gasteiger partial charge in [0.25, 0.3) is 0 Å². The monoisotopic (exact) mass is 390 g/mol. The van der Waals surface area contributed by atoms with Crippen LogP contribution in [0.15, 0.2) is 53.0 Å². The molecule has 3 nitrogen and oxygen atoms in total. The lowest BCUT2D eigenvalue weighted by Gasteiger charge is -2.35. The Kier molecular flexibility index (Phi) is 5.63. The Labute approximate surface area is 150 Å². The summed E-state index contributed by atoms with van der Waals surface area (Å²) in [5, 5.41) is 0. The van der Waals surface area contributed by atoms with E-state index in [-0.39, 0.29) is 11.7 Å². The van der Waals surface area contributed by atoms with Crippen LogP contribution in [-0.2, 0) is 17.8 Å². The van der Waals surface area contributed by atoms with Gasteiger partial charge in [-0.05, 0) is 23.8 Å². The second-order valence-corrected chi connectivity index (χ2v) is 6.97. The Morgan fingerprint density at radius 2 is 1.67 bits per heavy atom. The zero-order valence-corrected chi connectivity index (χ0v) is 15.0. The van der Waals surface area contributed by atoms with Crippen molar-refractivity contribution in [3.05, 3.63) is 69.9 Å². The Balaban J connectivity index is 1.50. The minimum Gasteiger partial charge on any atom is -0.340 e. The van der Waals surface area contributed by atoms with Crippen LogP contribution >= 0.6 is 15.9 Å². The lowest BCUT2D eigenvalue weighted by Crippen LogP contribution is -2.48. The summed E-state index contributed by atoms with van der Waals surface area (Å²) in [5.74, 6) is -0.00546. The van der Waals surface area contributed by atoms with Gasteiger partial charge in [-0.25, -0.2) is 4.39 Å². The van der Waals surface area contributed by atoms with Crippen molar-refractivity contribution in [3.8, 4) is 0 Å². The Bertz CT molecular complexity index is 697. The van der Waals surface area contributed by atoms with Gasteiger partial charge in [0.05, 0.1) is 6.42 Å². The van der Waals surface area contributed by atoms with Gasteiger partial charge < -0.3 is 4.90 Å². The summed E-state index contributed by atoms with van der Waals surface area (Å²) in [5.41, 5.74) is 1.74. The average Bonchev–Trinajstić information content (AvgIpc) is 2.59. The molecule has 0 unspecified atom stereocenters. The van der Waals surface area contributed by atoms with Crippen LogP contribution in [0.2, 0.25) is 0 Å². The molecule has 2 aromatic carbocycles. The van der Waals surface area contributed by atoms with Gasteiger partial charge >= 0.3 is 0 Å². The predicted octanol–water partition coefficient (Wildman–Crippen LogP) is 3.48. The fraction of sp³-hybridized carbons (Fsp3) is 0.316. The highest BCUT2D eigenvalue weighted by molar-refractivity contribution is 9.10. The van der Waals surface area contributed by atoms with E-state index in [0.29, 0.717) is 31.6 Å². The van der Waals surface area contributed by atoms with Crippen molar-refractivity contribution < 1.29 is 9.18 Å². The van der Waals surface area contributed by atoms with Crippen LogP contribution in [0.3, 0.4) is 0 Å². The van der Waals surface area contributed by atoms with Crippen molar-refractivity contribution in [3.63, 3.8) is 0 Å². The number of rotatable bonds is 4. The summed E-state index contributed by atoms with van der Waals surface area (Å²) in [4.78, 5) is 16.5. The summed E-state index contributed by atoms with van der Waals surface area (Å²) < 4.78 is 14.7. The van der Waals surface area contributed by atoms with E-state index in [2.05, 4.69) is 20.8 Å². The topological polar surface area (TPSA) is 23.6 Å². The predicted molar refractivity (Wildman–Crippen MR) is 96.1 cm³/mol. The number of benzene rings is 2. The fourth-order valence-electron chi connectivity index (χ4n) is 2.91.